The fourth-order valence-electron chi connectivity index (χ4n) is 2.58. The summed E-state index contributed by atoms with van der Waals surface area (Å²) < 4.78 is 5.82. The van der Waals surface area contributed by atoms with Crippen LogP contribution in [0.5, 0.6) is 11.5 Å². The van der Waals surface area contributed by atoms with Crippen molar-refractivity contribution >= 4 is 22.4 Å². The Morgan fingerprint density at radius 2 is 1.84 bits per heavy atom. The van der Waals surface area contributed by atoms with E-state index in [4.69, 9.17) is 4.74 Å². The Morgan fingerprint density at radius 1 is 0.960 bits per heavy atom. The van der Waals surface area contributed by atoms with Gasteiger partial charge in [0.15, 0.2) is 0 Å². The average molecular weight is 326 g/mol. The Kier molecular flexibility index (Phi) is 3.77. The van der Waals surface area contributed by atoms with Crippen LogP contribution in [-0.2, 0) is 0 Å². The summed E-state index contributed by atoms with van der Waals surface area (Å²) in [6.07, 6.45) is 1.90. The Balaban J connectivity index is 1.64. The fourth-order valence-corrected chi connectivity index (χ4v) is 2.58. The first-order chi connectivity index (χ1) is 12.3. The average Bonchev–Trinajstić information content (AvgIpc) is 3.10. The van der Waals surface area contributed by atoms with Gasteiger partial charge in [-0.2, -0.15) is 5.26 Å². The number of fused-ring (bicyclic) bond motifs is 1. The van der Waals surface area contributed by atoms with Crippen LogP contribution >= 0.6 is 0 Å². The lowest BCUT2D eigenvalue weighted by Crippen LogP contribution is -1.97. The van der Waals surface area contributed by atoms with Crippen molar-refractivity contribution in [3.8, 4) is 17.6 Å². The number of aromatic amines is 1. The van der Waals surface area contributed by atoms with Crippen molar-refractivity contribution in [2.75, 3.05) is 5.32 Å². The van der Waals surface area contributed by atoms with Crippen LogP contribution in [0, 0.1) is 11.3 Å². The smallest absolute Gasteiger partial charge is 0.146 e. The van der Waals surface area contributed by atoms with Crippen LogP contribution < -0.4 is 10.1 Å². The topological polar surface area (TPSA) is 73.7 Å². The Bertz CT molecular complexity index is 1060. The molecule has 25 heavy (non-hydrogen) atoms. The molecule has 2 aromatic carbocycles. The molecule has 0 radical (unpaired) electrons. The number of H-pyrrole nitrogens is 1. The maximum Gasteiger partial charge on any atom is 0.146 e. The lowest BCUT2D eigenvalue weighted by Gasteiger charge is -2.10. The highest BCUT2D eigenvalue weighted by Crippen LogP contribution is 2.26. The number of nitrogens with zero attached hydrogens (tertiary/aromatic N) is 2. The van der Waals surface area contributed by atoms with E-state index in [0.29, 0.717) is 17.3 Å². The first-order valence-corrected chi connectivity index (χ1v) is 7.79. The molecule has 2 aromatic heterocycles. The number of hydrogen-bond donors (Lipinski definition) is 2. The summed E-state index contributed by atoms with van der Waals surface area (Å²) in [4.78, 5) is 7.47. The second kappa shape index (κ2) is 6.38. The number of pyridine rings is 1. The first-order valence-electron chi connectivity index (χ1n) is 7.79. The summed E-state index contributed by atoms with van der Waals surface area (Å²) in [5, 5.41) is 13.6. The van der Waals surface area contributed by atoms with Crippen molar-refractivity contribution in [1.82, 2.24) is 9.97 Å². The Hall–Kier alpha value is -3.78. The van der Waals surface area contributed by atoms with Gasteiger partial charge in [-0.1, -0.05) is 24.3 Å². The second-order valence-corrected chi connectivity index (χ2v) is 5.50. The summed E-state index contributed by atoms with van der Waals surface area (Å²) in [5.74, 6) is 1.81. The molecular weight excluding hydrogens is 312 g/mol. The van der Waals surface area contributed by atoms with Gasteiger partial charge in [-0.15, -0.1) is 0 Å². The summed E-state index contributed by atoms with van der Waals surface area (Å²) in [5.41, 5.74) is 2.20. The quantitative estimate of drug-likeness (QED) is 0.555. The van der Waals surface area contributed by atoms with E-state index in [2.05, 4.69) is 21.4 Å². The molecule has 0 aliphatic rings. The van der Waals surface area contributed by atoms with Crippen molar-refractivity contribution < 1.29 is 4.74 Å². The predicted molar refractivity (Wildman–Crippen MR) is 97.0 cm³/mol. The molecule has 4 aromatic rings. The molecule has 0 spiro atoms. The largest absolute Gasteiger partial charge is 0.457 e. The van der Waals surface area contributed by atoms with Gasteiger partial charge in [-0.25, -0.2) is 4.98 Å². The molecule has 120 valence electrons. The second-order valence-electron chi connectivity index (χ2n) is 5.50. The standard InChI is InChI=1S/C20H14N4O/c21-13-16-10-18(25-17-4-2-1-3-5-17)12-20(24-16)23-15-7-6-14-8-9-22-19(14)11-15/h1-12,22H,(H,23,24). The van der Waals surface area contributed by atoms with E-state index >= 15 is 0 Å². The molecule has 5 heteroatoms. The highest BCUT2D eigenvalue weighted by atomic mass is 16.5. The number of aromatic nitrogens is 2. The third kappa shape index (κ3) is 3.28. The molecule has 0 amide bonds. The van der Waals surface area contributed by atoms with Gasteiger partial charge in [0.25, 0.3) is 0 Å². The lowest BCUT2D eigenvalue weighted by molar-refractivity contribution is 0.482. The van der Waals surface area contributed by atoms with Gasteiger partial charge in [0.05, 0.1) is 0 Å². The van der Waals surface area contributed by atoms with E-state index in [1.54, 1.807) is 12.1 Å². The van der Waals surface area contributed by atoms with Gasteiger partial charge in [0.2, 0.25) is 0 Å². The normalized spacial score (nSPS) is 10.4. The molecule has 2 heterocycles. The number of hydrogen-bond acceptors (Lipinski definition) is 4. The number of rotatable bonds is 4. The van der Waals surface area contributed by atoms with Crippen LogP contribution in [0.15, 0.2) is 72.9 Å². The Morgan fingerprint density at radius 3 is 2.68 bits per heavy atom. The summed E-state index contributed by atoms with van der Waals surface area (Å²) >= 11 is 0. The number of ether oxygens (including phenoxy) is 1. The highest BCUT2D eigenvalue weighted by molar-refractivity contribution is 5.83. The van der Waals surface area contributed by atoms with Crippen LogP contribution in [0.3, 0.4) is 0 Å². The molecule has 0 aliphatic heterocycles. The number of nitriles is 1. The van der Waals surface area contributed by atoms with E-state index in [9.17, 15) is 5.26 Å². The van der Waals surface area contributed by atoms with E-state index in [1.165, 1.54) is 0 Å². The monoisotopic (exact) mass is 326 g/mol. The highest BCUT2D eigenvalue weighted by Gasteiger charge is 2.06. The number of benzene rings is 2. The summed E-state index contributed by atoms with van der Waals surface area (Å²) in [6, 6.07) is 22.9. The SMILES string of the molecule is N#Cc1cc(Oc2ccccc2)cc(Nc2ccc3cc[nH]c3c2)n1. The summed E-state index contributed by atoms with van der Waals surface area (Å²) in [6.45, 7) is 0. The number of nitrogens with one attached hydrogen (secondary N) is 2. The fraction of sp³-hybridized carbons (Fsp3) is 0. The van der Waals surface area contributed by atoms with Gasteiger partial charge in [-0.05, 0) is 35.7 Å². The zero-order valence-electron chi connectivity index (χ0n) is 13.2. The minimum Gasteiger partial charge on any atom is -0.457 e. The van der Waals surface area contributed by atoms with Crippen LogP contribution in [0.1, 0.15) is 5.69 Å². The van der Waals surface area contributed by atoms with Gasteiger partial charge < -0.3 is 15.0 Å². The van der Waals surface area contributed by atoms with Crippen molar-refractivity contribution in [3.05, 3.63) is 78.6 Å². The van der Waals surface area contributed by atoms with Crippen molar-refractivity contribution in [2.45, 2.75) is 0 Å². The van der Waals surface area contributed by atoms with Crippen molar-refractivity contribution in [3.63, 3.8) is 0 Å². The van der Waals surface area contributed by atoms with Gasteiger partial charge >= 0.3 is 0 Å². The molecule has 4 rings (SSSR count). The zero-order valence-corrected chi connectivity index (χ0v) is 13.2. The molecule has 0 bridgehead atoms. The molecule has 2 N–H and O–H groups in total. The molecule has 5 nitrogen and oxygen atoms in total. The molecule has 0 fully saturated rings. The third-order valence-electron chi connectivity index (χ3n) is 3.72. The third-order valence-corrected chi connectivity index (χ3v) is 3.72. The van der Waals surface area contributed by atoms with E-state index in [0.717, 1.165) is 16.6 Å². The van der Waals surface area contributed by atoms with Crippen LogP contribution in [0.4, 0.5) is 11.5 Å². The van der Waals surface area contributed by atoms with Crippen LogP contribution in [0.2, 0.25) is 0 Å². The zero-order chi connectivity index (χ0) is 17.1. The number of anilines is 2. The maximum atomic E-state index is 9.23. The molecule has 0 saturated carbocycles. The van der Waals surface area contributed by atoms with Crippen LogP contribution in [0.25, 0.3) is 10.9 Å². The number of para-hydroxylation sites is 1. The molecule has 0 aliphatic carbocycles. The first kappa shape index (κ1) is 14.8. The van der Waals surface area contributed by atoms with Crippen LogP contribution in [-0.4, -0.2) is 9.97 Å². The van der Waals surface area contributed by atoms with E-state index < -0.39 is 0 Å². The van der Waals surface area contributed by atoms with Gasteiger partial charge in [0.1, 0.15) is 29.1 Å². The lowest BCUT2D eigenvalue weighted by atomic mass is 10.2. The summed E-state index contributed by atoms with van der Waals surface area (Å²) in [7, 11) is 0. The molecular formula is C20H14N4O. The molecule has 0 unspecified atom stereocenters. The van der Waals surface area contributed by atoms with E-state index in [-0.39, 0.29) is 5.69 Å². The van der Waals surface area contributed by atoms with Gasteiger partial charge in [-0.3, -0.25) is 0 Å². The van der Waals surface area contributed by atoms with E-state index in [1.807, 2.05) is 60.8 Å². The van der Waals surface area contributed by atoms with Crippen molar-refractivity contribution in [2.24, 2.45) is 0 Å². The Labute approximate surface area is 144 Å². The van der Waals surface area contributed by atoms with Gasteiger partial charge in [0, 0.05) is 29.5 Å². The van der Waals surface area contributed by atoms with Crippen molar-refractivity contribution in [1.29, 1.82) is 5.26 Å². The predicted octanol–water partition coefficient (Wildman–Crippen LogP) is 4.97. The minimum absolute atomic E-state index is 0.289. The maximum absolute atomic E-state index is 9.23. The molecule has 0 atom stereocenters. The molecule has 0 saturated heterocycles. The minimum atomic E-state index is 0.289.